The quantitative estimate of drug-likeness (QED) is 0.893. The summed E-state index contributed by atoms with van der Waals surface area (Å²) in [7, 11) is 0. The molecule has 1 aliphatic carbocycles. The van der Waals surface area contributed by atoms with Gasteiger partial charge in [-0.3, -0.25) is 4.79 Å². The van der Waals surface area contributed by atoms with E-state index < -0.39 is 17.3 Å². The van der Waals surface area contributed by atoms with Crippen LogP contribution in [0.3, 0.4) is 0 Å². The highest BCUT2D eigenvalue weighted by Crippen LogP contribution is 2.33. The molecule has 1 aromatic carbocycles. The maximum absolute atomic E-state index is 13.7. The molecule has 116 valence electrons. The minimum absolute atomic E-state index is 0.0507. The second-order valence-corrected chi connectivity index (χ2v) is 6.32. The van der Waals surface area contributed by atoms with Gasteiger partial charge in [0.1, 0.15) is 5.82 Å². The largest absolute Gasteiger partial charge is 0.388 e. The highest BCUT2D eigenvalue weighted by atomic mass is 35.5. The summed E-state index contributed by atoms with van der Waals surface area (Å²) in [6.07, 6.45) is 4.42. The van der Waals surface area contributed by atoms with Crippen molar-refractivity contribution in [1.82, 2.24) is 5.32 Å². The molecule has 0 aliphatic heterocycles. The van der Waals surface area contributed by atoms with Crippen LogP contribution in [0.5, 0.6) is 0 Å². The van der Waals surface area contributed by atoms with Crippen LogP contribution in [-0.4, -0.2) is 23.2 Å². The molecule has 0 atom stereocenters. The lowest BCUT2D eigenvalue weighted by atomic mass is 9.78. The SMILES string of the molecule is CCC1CCC(O)(CNC(=O)c2ccc(Cl)cc2F)CC1. The van der Waals surface area contributed by atoms with E-state index in [1.165, 1.54) is 12.1 Å². The number of carbonyl (C=O) groups is 1. The van der Waals surface area contributed by atoms with E-state index in [0.717, 1.165) is 25.3 Å². The van der Waals surface area contributed by atoms with Gasteiger partial charge in [-0.15, -0.1) is 0 Å². The Morgan fingerprint density at radius 3 is 2.71 bits per heavy atom. The second-order valence-electron chi connectivity index (χ2n) is 5.88. The number of aliphatic hydroxyl groups is 1. The molecule has 0 saturated heterocycles. The second kappa shape index (κ2) is 6.75. The standard InChI is InChI=1S/C16H21ClFNO2/c1-2-11-5-7-16(21,8-6-11)10-19-15(20)13-4-3-12(17)9-14(13)18/h3-4,9,11,21H,2,5-8,10H2,1H3,(H,19,20). The van der Waals surface area contributed by atoms with Crippen LogP contribution in [-0.2, 0) is 0 Å². The lowest BCUT2D eigenvalue weighted by Crippen LogP contribution is -2.45. The van der Waals surface area contributed by atoms with Gasteiger partial charge in [-0.25, -0.2) is 4.39 Å². The molecule has 5 heteroatoms. The zero-order valence-electron chi connectivity index (χ0n) is 12.2. The van der Waals surface area contributed by atoms with Crippen molar-refractivity contribution in [2.45, 2.75) is 44.6 Å². The fourth-order valence-electron chi connectivity index (χ4n) is 2.81. The third-order valence-corrected chi connectivity index (χ3v) is 4.60. The molecule has 0 unspecified atom stereocenters. The van der Waals surface area contributed by atoms with Crippen molar-refractivity contribution in [3.63, 3.8) is 0 Å². The molecular formula is C16H21ClFNO2. The number of halogens is 2. The van der Waals surface area contributed by atoms with Crippen molar-refractivity contribution in [3.8, 4) is 0 Å². The van der Waals surface area contributed by atoms with Gasteiger partial charge >= 0.3 is 0 Å². The Morgan fingerprint density at radius 2 is 2.14 bits per heavy atom. The Balaban J connectivity index is 1.92. The maximum Gasteiger partial charge on any atom is 0.254 e. The van der Waals surface area contributed by atoms with Crippen molar-refractivity contribution in [1.29, 1.82) is 0 Å². The lowest BCUT2D eigenvalue weighted by molar-refractivity contribution is -0.00789. The summed E-state index contributed by atoms with van der Waals surface area (Å²) in [5, 5.41) is 13.3. The first kappa shape index (κ1) is 16.2. The number of benzene rings is 1. The Kier molecular flexibility index (Phi) is 5.22. The zero-order chi connectivity index (χ0) is 15.5. The van der Waals surface area contributed by atoms with Crippen LogP contribution in [0.25, 0.3) is 0 Å². The van der Waals surface area contributed by atoms with Crippen LogP contribution < -0.4 is 5.32 Å². The summed E-state index contributed by atoms with van der Waals surface area (Å²) in [5.41, 5.74) is -0.922. The van der Waals surface area contributed by atoms with Crippen molar-refractivity contribution in [2.24, 2.45) is 5.92 Å². The molecule has 3 nitrogen and oxygen atoms in total. The third kappa shape index (κ3) is 4.17. The predicted molar refractivity (Wildman–Crippen MR) is 80.9 cm³/mol. The predicted octanol–water partition coefficient (Wildman–Crippen LogP) is 3.54. The van der Waals surface area contributed by atoms with Gasteiger partial charge in [0, 0.05) is 11.6 Å². The van der Waals surface area contributed by atoms with Crippen molar-refractivity contribution >= 4 is 17.5 Å². The van der Waals surface area contributed by atoms with Crippen LogP contribution in [0.15, 0.2) is 18.2 Å². The van der Waals surface area contributed by atoms with E-state index in [4.69, 9.17) is 11.6 Å². The molecule has 2 N–H and O–H groups in total. The Hall–Kier alpha value is -1.13. The number of nitrogens with one attached hydrogen (secondary N) is 1. The summed E-state index contributed by atoms with van der Waals surface area (Å²) in [4.78, 5) is 12.0. The van der Waals surface area contributed by atoms with E-state index in [0.29, 0.717) is 18.8 Å². The normalized spacial score (nSPS) is 25.6. The molecule has 1 saturated carbocycles. The Morgan fingerprint density at radius 1 is 1.48 bits per heavy atom. The Labute approximate surface area is 129 Å². The molecule has 0 aromatic heterocycles. The monoisotopic (exact) mass is 313 g/mol. The minimum Gasteiger partial charge on any atom is -0.388 e. The van der Waals surface area contributed by atoms with Crippen molar-refractivity contribution in [3.05, 3.63) is 34.6 Å². The smallest absolute Gasteiger partial charge is 0.254 e. The van der Waals surface area contributed by atoms with E-state index in [9.17, 15) is 14.3 Å². The highest BCUT2D eigenvalue weighted by molar-refractivity contribution is 6.30. The van der Waals surface area contributed by atoms with Crippen molar-refractivity contribution in [2.75, 3.05) is 6.54 Å². The lowest BCUT2D eigenvalue weighted by Gasteiger charge is -2.35. The van der Waals surface area contributed by atoms with Gasteiger partial charge < -0.3 is 10.4 Å². The summed E-state index contributed by atoms with van der Waals surface area (Å²) < 4.78 is 13.7. The molecule has 21 heavy (non-hydrogen) atoms. The molecule has 1 aliphatic rings. The first-order valence-corrected chi connectivity index (χ1v) is 7.77. The van der Waals surface area contributed by atoms with Gasteiger partial charge in [0.05, 0.1) is 11.2 Å². The molecule has 0 radical (unpaired) electrons. The summed E-state index contributed by atoms with van der Waals surface area (Å²) in [5.74, 6) is -0.508. The number of hydrogen-bond acceptors (Lipinski definition) is 2. The van der Waals surface area contributed by atoms with Crippen LogP contribution in [0.4, 0.5) is 4.39 Å². The average molecular weight is 314 g/mol. The molecule has 1 amide bonds. The maximum atomic E-state index is 13.7. The number of carbonyl (C=O) groups excluding carboxylic acids is 1. The molecule has 1 fully saturated rings. The van der Waals surface area contributed by atoms with E-state index in [1.54, 1.807) is 0 Å². The first-order chi connectivity index (χ1) is 9.93. The van der Waals surface area contributed by atoms with E-state index >= 15 is 0 Å². The summed E-state index contributed by atoms with van der Waals surface area (Å²) in [6, 6.07) is 3.93. The summed E-state index contributed by atoms with van der Waals surface area (Å²) in [6.45, 7) is 2.31. The third-order valence-electron chi connectivity index (χ3n) is 4.37. The van der Waals surface area contributed by atoms with Crippen molar-refractivity contribution < 1.29 is 14.3 Å². The van der Waals surface area contributed by atoms with Crippen LogP contribution >= 0.6 is 11.6 Å². The fraction of sp³-hybridized carbons (Fsp3) is 0.562. The number of hydrogen-bond donors (Lipinski definition) is 2. The molecule has 0 heterocycles. The summed E-state index contributed by atoms with van der Waals surface area (Å²) >= 11 is 5.66. The first-order valence-electron chi connectivity index (χ1n) is 7.39. The van der Waals surface area contributed by atoms with Gasteiger partial charge in [-0.2, -0.15) is 0 Å². The van der Waals surface area contributed by atoms with Gasteiger partial charge in [0.25, 0.3) is 5.91 Å². The topological polar surface area (TPSA) is 49.3 Å². The number of rotatable bonds is 4. The minimum atomic E-state index is -0.871. The number of amides is 1. The Bertz CT molecular complexity index is 513. The van der Waals surface area contributed by atoms with E-state index in [1.807, 2.05) is 0 Å². The zero-order valence-corrected chi connectivity index (χ0v) is 12.9. The van der Waals surface area contributed by atoms with E-state index in [-0.39, 0.29) is 17.1 Å². The van der Waals surface area contributed by atoms with Gasteiger partial charge in [-0.1, -0.05) is 24.9 Å². The van der Waals surface area contributed by atoms with Gasteiger partial charge in [0.2, 0.25) is 0 Å². The van der Waals surface area contributed by atoms with Crippen LogP contribution in [0.1, 0.15) is 49.4 Å². The molecule has 2 rings (SSSR count). The fourth-order valence-corrected chi connectivity index (χ4v) is 2.97. The highest BCUT2D eigenvalue weighted by Gasteiger charge is 2.33. The molecule has 0 spiro atoms. The molecular weight excluding hydrogens is 293 g/mol. The van der Waals surface area contributed by atoms with E-state index in [2.05, 4.69) is 12.2 Å². The molecule has 0 bridgehead atoms. The average Bonchev–Trinajstić information content (AvgIpc) is 2.46. The van der Waals surface area contributed by atoms with Gasteiger partial charge in [-0.05, 0) is 49.8 Å². The van der Waals surface area contributed by atoms with Gasteiger partial charge in [0.15, 0.2) is 0 Å². The van der Waals surface area contributed by atoms with Crippen LogP contribution in [0, 0.1) is 11.7 Å². The molecule has 1 aromatic rings. The van der Waals surface area contributed by atoms with Crippen LogP contribution in [0.2, 0.25) is 5.02 Å².